The van der Waals surface area contributed by atoms with Gasteiger partial charge in [0.2, 0.25) is 0 Å². The summed E-state index contributed by atoms with van der Waals surface area (Å²) in [6.07, 6.45) is 2.07. The molecule has 2 fully saturated rings. The van der Waals surface area contributed by atoms with Crippen molar-refractivity contribution in [2.75, 3.05) is 24.6 Å². The maximum atomic E-state index is 11.8. The van der Waals surface area contributed by atoms with Crippen molar-refractivity contribution in [3.05, 3.63) is 0 Å². The Hall–Kier alpha value is -0.640. The second-order valence-electron chi connectivity index (χ2n) is 6.55. The molecule has 2 rings (SSSR count). The van der Waals surface area contributed by atoms with Crippen LogP contribution in [-0.2, 0) is 9.84 Å². The molecule has 0 aromatic rings. The van der Waals surface area contributed by atoms with E-state index in [0.717, 1.165) is 19.5 Å². The van der Waals surface area contributed by atoms with Crippen molar-refractivity contribution in [3.63, 3.8) is 0 Å². The molecule has 6 heteroatoms. The maximum absolute atomic E-state index is 11.8. The van der Waals surface area contributed by atoms with Gasteiger partial charge in [-0.2, -0.15) is 5.26 Å². The lowest BCUT2D eigenvalue weighted by molar-refractivity contribution is -0.0555. The van der Waals surface area contributed by atoms with E-state index in [-0.39, 0.29) is 17.9 Å². The molecule has 0 bridgehead atoms. The van der Waals surface area contributed by atoms with Crippen LogP contribution in [0.3, 0.4) is 0 Å². The third kappa shape index (κ3) is 2.72. The van der Waals surface area contributed by atoms with E-state index in [1.807, 2.05) is 0 Å². The largest absolute Gasteiger partial charge is 0.388 e. The molecule has 1 N–H and O–H groups in total. The first-order valence-corrected chi connectivity index (χ1v) is 9.14. The van der Waals surface area contributed by atoms with Crippen molar-refractivity contribution in [2.24, 2.45) is 5.41 Å². The van der Waals surface area contributed by atoms with Crippen LogP contribution in [-0.4, -0.2) is 54.7 Å². The Bertz CT molecular complexity index is 511. The van der Waals surface area contributed by atoms with Gasteiger partial charge in [-0.3, -0.25) is 0 Å². The summed E-state index contributed by atoms with van der Waals surface area (Å²) in [4.78, 5) is 2.28. The predicted octanol–water partition coefficient (Wildman–Crippen LogP) is 0.940. The fourth-order valence-corrected chi connectivity index (χ4v) is 5.58. The summed E-state index contributed by atoms with van der Waals surface area (Å²) in [6, 6.07) is 2.57. The molecule has 0 aromatic carbocycles. The molecule has 0 amide bonds. The van der Waals surface area contributed by atoms with Crippen molar-refractivity contribution in [3.8, 4) is 6.07 Å². The van der Waals surface area contributed by atoms with Crippen molar-refractivity contribution in [1.82, 2.24) is 4.90 Å². The topological polar surface area (TPSA) is 81.4 Å². The zero-order valence-corrected chi connectivity index (χ0v) is 13.1. The molecule has 0 saturated carbocycles. The molecule has 5 nitrogen and oxygen atoms in total. The van der Waals surface area contributed by atoms with Gasteiger partial charge in [0.15, 0.2) is 9.84 Å². The Morgan fingerprint density at radius 1 is 1.25 bits per heavy atom. The van der Waals surface area contributed by atoms with Crippen LogP contribution in [0.4, 0.5) is 0 Å². The number of likely N-dealkylation sites (tertiary alicyclic amines) is 1. The molecule has 2 atom stereocenters. The van der Waals surface area contributed by atoms with Crippen LogP contribution in [0.25, 0.3) is 0 Å². The third-order valence-corrected chi connectivity index (χ3v) is 6.75. The van der Waals surface area contributed by atoms with E-state index >= 15 is 0 Å². The highest BCUT2D eigenvalue weighted by atomic mass is 32.2. The van der Waals surface area contributed by atoms with E-state index in [2.05, 4.69) is 24.8 Å². The van der Waals surface area contributed by atoms with Gasteiger partial charge in [-0.1, -0.05) is 0 Å². The lowest BCUT2D eigenvalue weighted by atomic mass is 9.69. The summed E-state index contributed by atoms with van der Waals surface area (Å²) in [6.45, 7) is 5.85. The number of nitrogens with zero attached hydrogens (tertiary/aromatic N) is 2. The number of sulfone groups is 1. The lowest BCUT2D eigenvalue weighted by Gasteiger charge is -2.39. The van der Waals surface area contributed by atoms with E-state index in [4.69, 9.17) is 0 Å². The van der Waals surface area contributed by atoms with Crippen LogP contribution in [0.5, 0.6) is 0 Å². The van der Waals surface area contributed by atoms with Crippen molar-refractivity contribution >= 4 is 9.84 Å². The van der Waals surface area contributed by atoms with E-state index in [1.54, 1.807) is 0 Å². The first kappa shape index (κ1) is 15.7. The summed E-state index contributed by atoms with van der Waals surface area (Å²) in [5.74, 6) is -0.161. The van der Waals surface area contributed by atoms with Crippen molar-refractivity contribution in [1.29, 1.82) is 5.26 Å². The van der Waals surface area contributed by atoms with Crippen LogP contribution in [0.15, 0.2) is 0 Å². The summed E-state index contributed by atoms with van der Waals surface area (Å²) in [5, 5.41) is 20.6. The average Bonchev–Trinajstić information content (AvgIpc) is 2.56. The van der Waals surface area contributed by atoms with Gasteiger partial charge in [0, 0.05) is 12.6 Å². The van der Waals surface area contributed by atoms with Gasteiger partial charge in [0.1, 0.15) is 5.41 Å². The SMILES string of the molecule is CC(C)N1CCCC(O)(C2(C#N)CCS(=O)(=O)C2)CC1. The molecule has 2 heterocycles. The minimum Gasteiger partial charge on any atom is -0.388 e. The predicted molar refractivity (Wildman–Crippen MR) is 76.8 cm³/mol. The van der Waals surface area contributed by atoms with Gasteiger partial charge in [-0.15, -0.1) is 0 Å². The van der Waals surface area contributed by atoms with Gasteiger partial charge in [-0.05, 0) is 46.1 Å². The quantitative estimate of drug-likeness (QED) is 0.821. The van der Waals surface area contributed by atoms with Crippen LogP contribution in [0.2, 0.25) is 0 Å². The highest BCUT2D eigenvalue weighted by Gasteiger charge is 2.56. The van der Waals surface area contributed by atoms with Gasteiger partial charge in [0.25, 0.3) is 0 Å². The van der Waals surface area contributed by atoms with Crippen molar-refractivity contribution < 1.29 is 13.5 Å². The molecule has 2 aliphatic rings. The molecule has 0 aromatic heterocycles. The van der Waals surface area contributed by atoms with Crippen LogP contribution in [0.1, 0.15) is 39.5 Å². The minimum absolute atomic E-state index is 0.0246. The maximum Gasteiger partial charge on any atom is 0.152 e. The monoisotopic (exact) mass is 300 g/mol. The standard InChI is InChI=1S/C14H24N2O3S/c1-12(2)16-7-3-4-14(17,5-8-16)13(10-15)6-9-20(18,19)11-13/h12,17H,3-9,11H2,1-2H3. The smallest absolute Gasteiger partial charge is 0.152 e. The summed E-state index contributed by atoms with van der Waals surface area (Å²) >= 11 is 0. The van der Waals surface area contributed by atoms with Crippen molar-refractivity contribution in [2.45, 2.75) is 51.2 Å². The second-order valence-corrected chi connectivity index (χ2v) is 8.73. The third-order valence-electron chi connectivity index (χ3n) is 4.99. The summed E-state index contributed by atoms with van der Waals surface area (Å²) in [7, 11) is -3.19. The van der Waals surface area contributed by atoms with Gasteiger partial charge >= 0.3 is 0 Å². The molecular formula is C14H24N2O3S. The fraction of sp³-hybridized carbons (Fsp3) is 0.929. The summed E-state index contributed by atoms with van der Waals surface area (Å²) < 4.78 is 23.6. The molecule has 0 spiro atoms. The average molecular weight is 300 g/mol. The van der Waals surface area contributed by atoms with Crippen LogP contribution >= 0.6 is 0 Å². The Morgan fingerprint density at radius 2 is 1.95 bits per heavy atom. The van der Waals surface area contributed by atoms with E-state index in [9.17, 15) is 18.8 Å². The fourth-order valence-electron chi connectivity index (χ4n) is 3.54. The first-order chi connectivity index (χ1) is 9.24. The Kier molecular flexibility index (Phi) is 4.16. The molecule has 0 radical (unpaired) electrons. The van der Waals surface area contributed by atoms with Gasteiger partial charge < -0.3 is 10.0 Å². The van der Waals surface area contributed by atoms with Crippen LogP contribution in [0, 0.1) is 16.7 Å². The number of nitriles is 1. The molecule has 20 heavy (non-hydrogen) atoms. The van der Waals surface area contributed by atoms with Crippen LogP contribution < -0.4 is 0 Å². The second kappa shape index (κ2) is 5.28. The zero-order chi connectivity index (χ0) is 15.0. The van der Waals surface area contributed by atoms with E-state index in [1.165, 1.54) is 0 Å². The number of aliphatic hydroxyl groups is 1. The zero-order valence-electron chi connectivity index (χ0n) is 12.3. The molecule has 2 unspecified atom stereocenters. The molecule has 114 valence electrons. The molecule has 0 aliphatic carbocycles. The number of hydrogen-bond acceptors (Lipinski definition) is 5. The van der Waals surface area contributed by atoms with Gasteiger partial charge in [-0.25, -0.2) is 8.42 Å². The van der Waals surface area contributed by atoms with E-state index in [0.29, 0.717) is 18.9 Å². The minimum atomic E-state index is -3.19. The number of hydrogen-bond donors (Lipinski definition) is 1. The first-order valence-electron chi connectivity index (χ1n) is 7.32. The Labute approximate surface area is 121 Å². The van der Waals surface area contributed by atoms with Gasteiger partial charge in [0.05, 0.1) is 23.2 Å². The number of rotatable bonds is 2. The summed E-state index contributed by atoms with van der Waals surface area (Å²) in [5.41, 5.74) is -2.28. The Balaban J connectivity index is 2.24. The highest BCUT2D eigenvalue weighted by molar-refractivity contribution is 7.91. The lowest BCUT2D eigenvalue weighted by Crippen LogP contribution is -2.49. The van der Waals surface area contributed by atoms with E-state index < -0.39 is 20.9 Å². The molecule has 2 aliphatic heterocycles. The Morgan fingerprint density at radius 3 is 2.45 bits per heavy atom. The normalized spacial score (nSPS) is 38.5. The molecular weight excluding hydrogens is 276 g/mol. The molecule has 2 saturated heterocycles. The highest BCUT2D eigenvalue weighted by Crippen LogP contribution is 2.46.